The summed E-state index contributed by atoms with van der Waals surface area (Å²) in [5.41, 5.74) is 7.36. The number of halogens is 2. The summed E-state index contributed by atoms with van der Waals surface area (Å²) in [5, 5.41) is 1.52. The SMILES string of the molecule is Clc1ccc(-c2ccc(Cc3ccc(-c4ccc(Cl)cc4)cc3)cc2)cc1. The molecule has 0 unspecified atom stereocenters. The Labute approximate surface area is 170 Å². The fraction of sp³-hybridized carbons (Fsp3) is 0.0400. The molecule has 0 N–H and O–H groups in total. The smallest absolute Gasteiger partial charge is 0.0406 e. The predicted molar refractivity (Wildman–Crippen MR) is 117 cm³/mol. The average Bonchev–Trinajstić information content (AvgIpc) is 2.71. The minimum atomic E-state index is 0.761. The summed E-state index contributed by atoms with van der Waals surface area (Å²) in [6, 6.07) is 33.3. The van der Waals surface area contributed by atoms with Gasteiger partial charge in [0.25, 0.3) is 0 Å². The van der Waals surface area contributed by atoms with E-state index in [1.807, 2.05) is 48.5 Å². The molecule has 4 rings (SSSR count). The van der Waals surface area contributed by atoms with E-state index in [-0.39, 0.29) is 0 Å². The second kappa shape index (κ2) is 8.00. The Morgan fingerprint density at radius 3 is 0.926 bits per heavy atom. The normalized spacial score (nSPS) is 10.7. The molecule has 0 radical (unpaired) electrons. The molecular formula is C25H18Cl2. The lowest BCUT2D eigenvalue weighted by Crippen LogP contribution is -1.89. The molecule has 0 saturated heterocycles. The topological polar surface area (TPSA) is 0 Å². The molecule has 0 nitrogen and oxygen atoms in total. The molecule has 0 bridgehead atoms. The molecule has 0 heterocycles. The number of hydrogen-bond donors (Lipinski definition) is 0. The van der Waals surface area contributed by atoms with Gasteiger partial charge in [-0.2, -0.15) is 0 Å². The second-order valence-corrected chi connectivity index (χ2v) is 7.46. The quantitative estimate of drug-likeness (QED) is 0.333. The highest BCUT2D eigenvalue weighted by Gasteiger charge is 2.02. The van der Waals surface area contributed by atoms with E-state index in [2.05, 4.69) is 48.5 Å². The van der Waals surface area contributed by atoms with Crippen molar-refractivity contribution in [2.45, 2.75) is 6.42 Å². The number of rotatable bonds is 4. The molecule has 0 spiro atoms. The van der Waals surface area contributed by atoms with Crippen LogP contribution < -0.4 is 0 Å². The second-order valence-electron chi connectivity index (χ2n) is 6.58. The van der Waals surface area contributed by atoms with Crippen molar-refractivity contribution in [3.05, 3.63) is 118 Å². The molecule has 0 saturated carbocycles. The molecule has 0 aliphatic heterocycles. The van der Waals surface area contributed by atoms with Crippen molar-refractivity contribution in [2.24, 2.45) is 0 Å². The van der Waals surface area contributed by atoms with Gasteiger partial charge in [0, 0.05) is 10.0 Å². The Morgan fingerprint density at radius 1 is 0.370 bits per heavy atom. The van der Waals surface area contributed by atoms with Crippen molar-refractivity contribution in [3.63, 3.8) is 0 Å². The molecular weight excluding hydrogens is 371 g/mol. The largest absolute Gasteiger partial charge is 0.0843 e. The molecule has 0 atom stereocenters. The van der Waals surface area contributed by atoms with Crippen molar-refractivity contribution in [1.29, 1.82) is 0 Å². The predicted octanol–water partition coefficient (Wildman–Crippen LogP) is 7.92. The minimum Gasteiger partial charge on any atom is -0.0843 e. The van der Waals surface area contributed by atoms with E-state index in [4.69, 9.17) is 23.2 Å². The summed E-state index contributed by atoms with van der Waals surface area (Å²) in [4.78, 5) is 0. The Balaban J connectivity index is 1.47. The van der Waals surface area contributed by atoms with Crippen LogP contribution in [0.15, 0.2) is 97.1 Å². The summed E-state index contributed by atoms with van der Waals surface area (Å²) >= 11 is 11.9. The molecule has 0 aliphatic rings. The van der Waals surface area contributed by atoms with E-state index >= 15 is 0 Å². The van der Waals surface area contributed by atoms with E-state index in [9.17, 15) is 0 Å². The Kier molecular flexibility index (Phi) is 5.29. The van der Waals surface area contributed by atoms with E-state index in [0.29, 0.717) is 0 Å². The molecule has 0 aromatic heterocycles. The fourth-order valence-electron chi connectivity index (χ4n) is 3.15. The van der Waals surface area contributed by atoms with Gasteiger partial charge in [0.1, 0.15) is 0 Å². The van der Waals surface area contributed by atoms with Crippen LogP contribution in [0.3, 0.4) is 0 Å². The summed E-state index contributed by atoms with van der Waals surface area (Å²) in [5.74, 6) is 0. The standard InChI is InChI=1S/C25H18Cl2/c26-24-13-9-22(10-14-24)20-5-1-18(2-6-20)17-19-3-7-21(8-4-19)23-11-15-25(27)16-12-23/h1-16H,17H2. The number of benzene rings is 4. The first-order valence-corrected chi connectivity index (χ1v) is 9.63. The molecule has 0 fully saturated rings. The van der Waals surface area contributed by atoms with Gasteiger partial charge in [0.05, 0.1) is 0 Å². The van der Waals surface area contributed by atoms with Gasteiger partial charge in [-0.25, -0.2) is 0 Å². The maximum Gasteiger partial charge on any atom is 0.0406 e. The van der Waals surface area contributed by atoms with Gasteiger partial charge >= 0.3 is 0 Å². The highest BCUT2D eigenvalue weighted by atomic mass is 35.5. The Bertz CT molecular complexity index is 927. The molecule has 132 valence electrons. The van der Waals surface area contributed by atoms with Crippen LogP contribution in [0.4, 0.5) is 0 Å². The van der Waals surface area contributed by atoms with E-state index in [1.165, 1.54) is 33.4 Å². The zero-order chi connectivity index (χ0) is 18.6. The summed E-state index contributed by atoms with van der Waals surface area (Å²) in [7, 11) is 0. The van der Waals surface area contributed by atoms with Crippen molar-refractivity contribution in [2.75, 3.05) is 0 Å². The molecule has 0 amide bonds. The van der Waals surface area contributed by atoms with Gasteiger partial charge in [0.15, 0.2) is 0 Å². The van der Waals surface area contributed by atoms with Crippen LogP contribution in [0.1, 0.15) is 11.1 Å². The van der Waals surface area contributed by atoms with Gasteiger partial charge in [-0.05, 0) is 64.1 Å². The Hall–Kier alpha value is -2.54. The van der Waals surface area contributed by atoms with Gasteiger partial charge < -0.3 is 0 Å². The molecule has 0 aliphatic carbocycles. The molecule has 4 aromatic carbocycles. The van der Waals surface area contributed by atoms with Crippen molar-refractivity contribution >= 4 is 23.2 Å². The first kappa shape index (κ1) is 17.9. The zero-order valence-electron chi connectivity index (χ0n) is 14.7. The summed E-state index contributed by atoms with van der Waals surface area (Å²) in [6.45, 7) is 0. The average molecular weight is 389 g/mol. The van der Waals surface area contributed by atoms with Gasteiger partial charge in [-0.1, -0.05) is 96.0 Å². The first-order valence-electron chi connectivity index (χ1n) is 8.87. The van der Waals surface area contributed by atoms with Gasteiger partial charge in [-0.3, -0.25) is 0 Å². The lowest BCUT2D eigenvalue weighted by molar-refractivity contribution is 1.19. The zero-order valence-corrected chi connectivity index (χ0v) is 16.2. The van der Waals surface area contributed by atoms with Gasteiger partial charge in [0.2, 0.25) is 0 Å². The maximum atomic E-state index is 5.97. The van der Waals surface area contributed by atoms with Crippen LogP contribution in [0, 0.1) is 0 Å². The number of hydrogen-bond acceptors (Lipinski definition) is 0. The third-order valence-electron chi connectivity index (χ3n) is 4.67. The third kappa shape index (κ3) is 4.42. The Morgan fingerprint density at radius 2 is 0.630 bits per heavy atom. The summed E-state index contributed by atoms with van der Waals surface area (Å²) in [6.07, 6.45) is 0.918. The summed E-state index contributed by atoms with van der Waals surface area (Å²) < 4.78 is 0. The maximum absolute atomic E-state index is 5.97. The van der Waals surface area contributed by atoms with Crippen LogP contribution in [-0.4, -0.2) is 0 Å². The third-order valence-corrected chi connectivity index (χ3v) is 5.18. The first-order chi connectivity index (χ1) is 13.2. The van der Waals surface area contributed by atoms with Crippen LogP contribution in [0.5, 0.6) is 0 Å². The van der Waals surface area contributed by atoms with Crippen LogP contribution in [0.25, 0.3) is 22.3 Å². The van der Waals surface area contributed by atoms with E-state index < -0.39 is 0 Å². The van der Waals surface area contributed by atoms with Crippen LogP contribution in [-0.2, 0) is 6.42 Å². The molecule has 27 heavy (non-hydrogen) atoms. The van der Waals surface area contributed by atoms with Crippen molar-refractivity contribution < 1.29 is 0 Å². The minimum absolute atomic E-state index is 0.761. The van der Waals surface area contributed by atoms with Crippen molar-refractivity contribution in [1.82, 2.24) is 0 Å². The monoisotopic (exact) mass is 388 g/mol. The molecule has 2 heteroatoms. The van der Waals surface area contributed by atoms with Crippen molar-refractivity contribution in [3.8, 4) is 22.3 Å². The molecule has 4 aromatic rings. The fourth-order valence-corrected chi connectivity index (χ4v) is 3.40. The lowest BCUT2D eigenvalue weighted by atomic mass is 9.98. The lowest BCUT2D eigenvalue weighted by Gasteiger charge is -2.07. The van der Waals surface area contributed by atoms with Crippen LogP contribution >= 0.6 is 23.2 Å². The van der Waals surface area contributed by atoms with E-state index in [0.717, 1.165) is 16.5 Å². The van der Waals surface area contributed by atoms with E-state index in [1.54, 1.807) is 0 Å². The van der Waals surface area contributed by atoms with Crippen LogP contribution in [0.2, 0.25) is 10.0 Å². The van der Waals surface area contributed by atoms with Gasteiger partial charge in [-0.15, -0.1) is 0 Å². The highest BCUT2D eigenvalue weighted by molar-refractivity contribution is 6.30. The highest BCUT2D eigenvalue weighted by Crippen LogP contribution is 2.24.